The van der Waals surface area contributed by atoms with Crippen LogP contribution >= 0.6 is 0 Å². The molecule has 3 heteroatoms. The highest BCUT2D eigenvalue weighted by atomic mass is 19.1. The molecule has 3 rings (SSSR count). The molecule has 0 radical (unpaired) electrons. The molecule has 3 atom stereocenters. The molecule has 0 aliphatic heterocycles. The van der Waals surface area contributed by atoms with E-state index >= 15 is 0 Å². The van der Waals surface area contributed by atoms with E-state index in [1.807, 2.05) is 13.0 Å². The molecule has 1 saturated carbocycles. The number of hydrogen-bond donors (Lipinski definition) is 1. The molecule has 2 nitrogen and oxygen atoms in total. The van der Waals surface area contributed by atoms with E-state index in [0.717, 1.165) is 12.8 Å². The van der Waals surface area contributed by atoms with E-state index in [4.69, 9.17) is 4.42 Å². The van der Waals surface area contributed by atoms with Crippen LogP contribution in [-0.4, -0.2) is 5.11 Å². The van der Waals surface area contributed by atoms with Crippen LogP contribution in [0.1, 0.15) is 38.9 Å². The summed E-state index contributed by atoms with van der Waals surface area (Å²) in [5.74, 6) is 0.882. The molecule has 19 heavy (non-hydrogen) atoms. The molecule has 3 unspecified atom stereocenters. The van der Waals surface area contributed by atoms with Gasteiger partial charge >= 0.3 is 0 Å². The molecule has 1 heterocycles. The highest BCUT2D eigenvalue weighted by molar-refractivity contribution is 5.78. The average Bonchev–Trinajstić information content (AvgIpc) is 2.80. The van der Waals surface area contributed by atoms with Gasteiger partial charge in [-0.1, -0.05) is 26.0 Å². The van der Waals surface area contributed by atoms with Crippen molar-refractivity contribution in [1.82, 2.24) is 0 Å². The van der Waals surface area contributed by atoms with E-state index in [0.29, 0.717) is 23.5 Å². The fourth-order valence-corrected chi connectivity index (χ4v) is 3.24. The van der Waals surface area contributed by atoms with E-state index in [1.54, 1.807) is 12.1 Å². The first-order valence-corrected chi connectivity index (χ1v) is 6.91. The summed E-state index contributed by atoms with van der Waals surface area (Å²) >= 11 is 0. The Morgan fingerprint density at radius 2 is 2.16 bits per heavy atom. The maximum atomic E-state index is 13.7. The van der Waals surface area contributed by atoms with Gasteiger partial charge in [-0.2, -0.15) is 0 Å². The zero-order chi connectivity index (χ0) is 13.6. The summed E-state index contributed by atoms with van der Waals surface area (Å²) in [6.45, 7) is 4.24. The lowest BCUT2D eigenvalue weighted by Crippen LogP contribution is -2.38. The quantitative estimate of drug-likeness (QED) is 0.835. The van der Waals surface area contributed by atoms with Gasteiger partial charge in [0.1, 0.15) is 11.4 Å². The fourth-order valence-electron chi connectivity index (χ4n) is 3.24. The highest BCUT2D eigenvalue weighted by Crippen LogP contribution is 2.45. The third kappa shape index (κ3) is 1.96. The van der Waals surface area contributed by atoms with Crippen molar-refractivity contribution >= 4 is 11.0 Å². The van der Waals surface area contributed by atoms with Gasteiger partial charge in [-0.15, -0.1) is 0 Å². The van der Waals surface area contributed by atoms with Gasteiger partial charge in [-0.25, -0.2) is 4.39 Å². The number of aliphatic hydroxyl groups is 1. The van der Waals surface area contributed by atoms with Crippen molar-refractivity contribution in [3.05, 3.63) is 35.8 Å². The Hall–Kier alpha value is -1.35. The maximum absolute atomic E-state index is 13.7. The SMILES string of the molecule is CC1CCC(O)(c2cc3cccc(F)c3o2)C(C)C1. The van der Waals surface area contributed by atoms with Crippen LogP contribution in [0.15, 0.2) is 28.7 Å². The summed E-state index contributed by atoms with van der Waals surface area (Å²) in [4.78, 5) is 0. The van der Waals surface area contributed by atoms with E-state index in [2.05, 4.69) is 6.92 Å². The standard InChI is InChI=1S/C16H19FO2/c1-10-6-7-16(18,11(2)8-10)14-9-12-4-3-5-13(17)15(12)19-14/h3-5,9-11,18H,6-8H2,1-2H3. The van der Waals surface area contributed by atoms with Gasteiger partial charge in [-0.3, -0.25) is 0 Å². The Labute approximate surface area is 112 Å². The predicted octanol–water partition coefficient (Wildman–Crippen LogP) is 4.22. The number of furan rings is 1. The van der Waals surface area contributed by atoms with Crippen molar-refractivity contribution in [2.45, 2.75) is 38.7 Å². The Morgan fingerprint density at radius 3 is 2.84 bits per heavy atom. The maximum Gasteiger partial charge on any atom is 0.170 e. The third-order valence-electron chi connectivity index (χ3n) is 4.51. The lowest BCUT2D eigenvalue weighted by Gasteiger charge is -2.39. The summed E-state index contributed by atoms with van der Waals surface area (Å²) in [7, 11) is 0. The second kappa shape index (κ2) is 4.34. The van der Waals surface area contributed by atoms with Crippen molar-refractivity contribution < 1.29 is 13.9 Å². The molecule has 1 aliphatic carbocycles. The monoisotopic (exact) mass is 262 g/mol. The molecule has 0 bridgehead atoms. The molecular weight excluding hydrogens is 243 g/mol. The van der Waals surface area contributed by atoms with Crippen molar-refractivity contribution in [1.29, 1.82) is 0 Å². The van der Waals surface area contributed by atoms with Crippen LogP contribution in [0.2, 0.25) is 0 Å². The Kier molecular flexibility index (Phi) is 2.90. The minimum Gasteiger partial charge on any atom is -0.455 e. The zero-order valence-corrected chi connectivity index (χ0v) is 11.3. The van der Waals surface area contributed by atoms with Crippen molar-refractivity contribution in [3.8, 4) is 0 Å². The summed E-state index contributed by atoms with van der Waals surface area (Å²) in [6, 6.07) is 6.63. The van der Waals surface area contributed by atoms with Crippen LogP contribution in [0, 0.1) is 17.7 Å². The van der Waals surface area contributed by atoms with Gasteiger partial charge in [0.25, 0.3) is 0 Å². The van der Waals surface area contributed by atoms with Crippen LogP contribution in [0.5, 0.6) is 0 Å². The van der Waals surface area contributed by atoms with E-state index in [1.165, 1.54) is 6.07 Å². The number of para-hydroxylation sites is 1. The number of rotatable bonds is 1. The first-order chi connectivity index (χ1) is 9.00. The first-order valence-electron chi connectivity index (χ1n) is 6.91. The first kappa shape index (κ1) is 12.7. The molecule has 102 valence electrons. The van der Waals surface area contributed by atoms with Crippen LogP contribution in [-0.2, 0) is 5.60 Å². The van der Waals surface area contributed by atoms with Gasteiger partial charge in [0.15, 0.2) is 11.4 Å². The van der Waals surface area contributed by atoms with Crippen molar-refractivity contribution in [3.63, 3.8) is 0 Å². The lowest BCUT2D eigenvalue weighted by molar-refractivity contribution is -0.0735. The smallest absolute Gasteiger partial charge is 0.170 e. The molecule has 2 aromatic rings. The molecule has 1 aromatic carbocycles. The van der Waals surface area contributed by atoms with Crippen molar-refractivity contribution in [2.24, 2.45) is 11.8 Å². The van der Waals surface area contributed by atoms with Crippen LogP contribution in [0.25, 0.3) is 11.0 Å². The molecule has 1 aromatic heterocycles. The van der Waals surface area contributed by atoms with Crippen LogP contribution < -0.4 is 0 Å². The molecule has 0 spiro atoms. The van der Waals surface area contributed by atoms with Crippen LogP contribution in [0.4, 0.5) is 4.39 Å². The minimum atomic E-state index is -0.960. The largest absolute Gasteiger partial charge is 0.455 e. The number of hydrogen-bond acceptors (Lipinski definition) is 2. The van der Waals surface area contributed by atoms with Crippen molar-refractivity contribution in [2.75, 3.05) is 0 Å². The summed E-state index contributed by atoms with van der Waals surface area (Å²) < 4.78 is 19.3. The summed E-state index contributed by atoms with van der Waals surface area (Å²) in [6.07, 6.45) is 2.62. The van der Waals surface area contributed by atoms with Gasteiger partial charge in [0.2, 0.25) is 0 Å². The molecule has 1 aliphatic rings. The second-order valence-electron chi connectivity index (χ2n) is 5.97. The average molecular weight is 262 g/mol. The summed E-state index contributed by atoms with van der Waals surface area (Å²) in [5, 5.41) is 11.6. The van der Waals surface area contributed by atoms with Gasteiger partial charge < -0.3 is 9.52 Å². The molecule has 1 N–H and O–H groups in total. The van der Waals surface area contributed by atoms with Gasteiger partial charge in [0, 0.05) is 5.39 Å². The second-order valence-corrected chi connectivity index (χ2v) is 5.97. The molecule has 0 amide bonds. The normalized spacial score (nSPS) is 31.8. The molecule has 0 saturated heterocycles. The number of fused-ring (bicyclic) bond motifs is 1. The number of halogens is 1. The third-order valence-corrected chi connectivity index (χ3v) is 4.51. The predicted molar refractivity (Wildman–Crippen MR) is 72.2 cm³/mol. The van der Waals surface area contributed by atoms with Crippen LogP contribution in [0.3, 0.4) is 0 Å². The van der Waals surface area contributed by atoms with E-state index in [-0.39, 0.29) is 17.3 Å². The van der Waals surface area contributed by atoms with E-state index in [9.17, 15) is 9.50 Å². The fraction of sp³-hybridized carbons (Fsp3) is 0.500. The Morgan fingerprint density at radius 1 is 1.37 bits per heavy atom. The molecular formula is C16H19FO2. The Balaban J connectivity index is 2.06. The summed E-state index contributed by atoms with van der Waals surface area (Å²) in [5.41, 5.74) is -0.713. The number of benzene rings is 1. The van der Waals surface area contributed by atoms with Gasteiger partial charge in [0.05, 0.1) is 0 Å². The Bertz CT molecular complexity index is 604. The highest BCUT2D eigenvalue weighted by Gasteiger charge is 2.42. The van der Waals surface area contributed by atoms with E-state index < -0.39 is 5.60 Å². The zero-order valence-electron chi connectivity index (χ0n) is 11.3. The molecule has 1 fully saturated rings. The topological polar surface area (TPSA) is 33.4 Å². The lowest BCUT2D eigenvalue weighted by atomic mass is 9.71. The minimum absolute atomic E-state index is 0.125. The van der Waals surface area contributed by atoms with Gasteiger partial charge in [-0.05, 0) is 43.2 Å².